The monoisotopic (exact) mass is 494 g/mol. The number of rotatable bonds is 7. The highest BCUT2D eigenvalue weighted by atomic mass is 16.3. The van der Waals surface area contributed by atoms with E-state index in [9.17, 15) is 14.7 Å². The van der Waals surface area contributed by atoms with E-state index in [4.69, 9.17) is 10.7 Å². The Bertz CT molecular complexity index is 1120. The highest BCUT2D eigenvalue weighted by Crippen LogP contribution is 2.31. The van der Waals surface area contributed by atoms with E-state index >= 15 is 0 Å². The summed E-state index contributed by atoms with van der Waals surface area (Å²) in [6, 6.07) is 5.69. The van der Waals surface area contributed by atoms with Gasteiger partial charge in [-0.05, 0) is 89.0 Å². The molecular formula is C27H38N6O3. The van der Waals surface area contributed by atoms with Crippen LogP contribution in [0.3, 0.4) is 0 Å². The molecule has 2 amide bonds. The number of benzene rings is 1. The second kappa shape index (κ2) is 10.8. The second-order valence-corrected chi connectivity index (χ2v) is 10.4. The molecule has 9 heteroatoms. The number of piperidine rings is 1. The Morgan fingerprint density at radius 1 is 1.14 bits per heavy atom. The smallest absolute Gasteiger partial charge is 0.271 e. The maximum Gasteiger partial charge on any atom is 0.271 e. The number of hydrogen-bond acceptors (Lipinski definition) is 7. The number of amides is 2. The van der Waals surface area contributed by atoms with Crippen molar-refractivity contribution in [3.8, 4) is 0 Å². The SMILES string of the molecule is CCc1nc(C(N)=O)c(Nc2ccc(C(=O)N3CCCCC3)c(C)c2)nc1NC1CCC(C)(O)CC1. The molecule has 2 aromatic rings. The lowest BCUT2D eigenvalue weighted by molar-refractivity contribution is 0.0196. The Hall–Kier alpha value is -3.20. The van der Waals surface area contributed by atoms with Gasteiger partial charge in [0.05, 0.1) is 11.3 Å². The molecule has 0 atom stereocenters. The van der Waals surface area contributed by atoms with Crippen LogP contribution in [0.1, 0.15) is 90.9 Å². The van der Waals surface area contributed by atoms with Crippen LogP contribution in [-0.4, -0.2) is 56.5 Å². The number of aromatic nitrogens is 2. The van der Waals surface area contributed by atoms with Crippen LogP contribution in [0.15, 0.2) is 18.2 Å². The van der Waals surface area contributed by atoms with Gasteiger partial charge >= 0.3 is 0 Å². The van der Waals surface area contributed by atoms with Gasteiger partial charge in [-0.3, -0.25) is 9.59 Å². The molecule has 0 radical (unpaired) electrons. The van der Waals surface area contributed by atoms with Crippen LogP contribution < -0.4 is 16.4 Å². The fourth-order valence-electron chi connectivity index (χ4n) is 5.05. The number of carbonyl (C=O) groups excluding carboxylic acids is 2. The maximum atomic E-state index is 13.0. The number of nitrogens with zero attached hydrogens (tertiary/aromatic N) is 3. The van der Waals surface area contributed by atoms with E-state index in [0.29, 0.717) is 42.0 Å². The van der Waals surface area contributed by atoms with Gasteiger partial charge in [0, 0.05) is 30.4 Å². The van der Waals surface area contributed by atoms with Crippen LogP contribution in [0.5, 0.6) is 0 Å². The van der Waals surface area contributed by atoms with Crippen LogP contribution in [-0.2, 0) is 6.42 Å². The zero-order chi connectivity index (χ0) is 25.9. The fraction of sp³-hybridized carbons (Fsp3) is 0.556. The van der Waals surface area contributed by atoms with Crippen molar-refractivity contribution < 1.29 is 14.7 Å². The number of aryl methyl sites for hydroxylation is 2. The molecular weight excluding hydrogens is 456 g/mol. The van der Waals surface area contributed by atoms with Gasteiger partial charge in [0.25, 0.3) is 11.8 Å². The lowest BCUT2D eigenvalue weighted by Crippen LogP contribution is -2.36. The Labute approximate surface area is 212 Å². The zero-order valence-electron chi connectivity index (χ0n) is 21.6. The molecule has 1 saturated carbocycles. The number of hydrogen-bond donors (Lipinski definition) is 4. The number of primary amides is 1. The van der Waals surface area contributed by atoms with Gasteiger partial charge in [-0.25, -0.2) is 9.97 Å². The van der Waals surface area contributed by atoms with Crippen molar-refractivity contribution in [2.24, 2.45) is 5.73 Å². The molecule has 2 fully saturated rings. The van der Waals surface area contributed by atoms with Gasteiger partial charge in [0.1, 0.15) is 5.82 Å². The summed E-state index contributed by atoms with van der Waals surface area (Å²) < 4.78 is 0. The van der Waals surface area contributed by atoms with E-state index in [1.165, 1.54) is 6.42 Å². The van der Waals surface area contributed by atoms with Crippen LogP contribution in [0.25, 0.3) is 0 Å². The van der Waals surface area contributed by atoms with Gasteiger partial charge in [-0.15, -0.1) is 0 Å². The molecule has 0 unspecified atom stereocenters. The van der Waals surface area contributed by atoms with Gasteiger partial charge < -0.3 is 26.4 Å². The molecule has 5 N–H and O–H groups in total. The van der Waals surface area contributed by atoms with Crippen LogP contribution in [0.4, 0.5) is 17.3 Å². The first-order chi connectivity index (χ1) is 17.2. The van der Waals surface area contributed by atoms with E-state index in [1.807, 2.05) is 43.9 Å². The maximum absolute atomic E-state index is 13.0. The largest absolute Gasteiger partial charge is 0.390 e. The van der Waals surface area contributed by atoms with E-state index in [-0.39, 0.29) is 23.5 Å². The van der Waals surface area contributed by atoms with E-state index < -0.39 is 11.5 Å². The van der Waals surface area contributed by atoms with Crippen molar-refractivity contribution in [2.75, 3.05) is 23.7 Å². The van der Waals surface area contributed by atoms with Crippen molar-refractivity contribution in [3.63, 3.8) is 0 Å². The lowest BCUT2D eigenvalue weighted by Gasteiger charge is -2.34. The average Bonchev–Trinajstić information content (AvgIpc) is 2.85. The first kappa shape index (κ1) is 25.9. The van der Waals surface area contributed by atoms with Crippen molar-refractivity contribution in [3.05, 3.63) is 40.7 Å². The highest BCUT2D eigenvalue weighted by Gasteiger charge is 2.29. The van der Waals surface area contributed by atoms with Gasteiger partial charge in [0.15, 0.2) is 11.5 Å². The average molecular weight is 495 g/mol. The van der Waals surface area contributed by atoms with E-state index in [2.05, 4.69) is 15.6 Å². The molecule has 2 heterocycles. The van der Waals surface area contributed by atoms with Crippen LogP contribution in [0, 0.1) is 6.92 Å². The molecule has 4 rings (SSSR count). The minimum Gasteiger partial charge on any atom is -0.390 e. The topological polar surface area (TPSA) is 133 Å². The van der Waals surface area contributed by atoms with Crippen LogP contribution in [0.2, 0.25) is 0 Å². The Kier molecular flexibility index (Phi) is 7.78. The molecule has 1 aromatic heterocycles. The molecule has 194 valence electrons. The molecule has 0 spiro atoms. The zero-order valence-corrected chi connectivity index (χ0v) is 21.6. The predicted molar refractivity (Wildman–Crippen MR) is 141 cm³/mol. The highest BCUT2D eigenvalue weighted by molar-refractivity contribution is 5.98. The normalized spacial score (nSPS) is 22.2. The summed E-state index contributed by atoms with van der Waals surface area (Å²) in [6.07, 6.45) is 6.93. The number of nitrogens with one attached hydrogen (secondary N) is 2. The Morgan fingerprint density at radius 2 is 1.83 bits per heavy atom. The van der Waals surface area contributed by atoms with E-state index in [1.54, 1.807) is 0 Å². The molecule has 1 aliphatic carbocycles. The van der Waals surface area contributed by atoms with Crippen molar-refractivity contribution in [2.45, 2.75) is 83.8 Å². The lowest BCUT2D eigenvalue weighted by atomic mass is 9.83. The summed E-state index contributed by atoms with van der Waals surface area (Å²) in [5, 5.41) is 17.0. The summed E-state index contributed by atoms with van der Waals surface area (Å²) in [5.74, 6) is 0.292. The number of aliphatic hydroxyl groups is 1. The first-order valence-corrected chi connectivity index (χ1v) is 13.0. The van der Waals surface area contributed by atoms with Crippen molar-refractivity contribution in [1.82, 2.24) is 14.9 Å². The standard InChI is InChI=1S/C27H38N6O3/c1-4-21-24(29-18-10-12-27(3,36)13-11-18)32-25(22(31-21)23(28)34)30-19-8-9-20(17(2)16-19)26(35)33-14-6-5-7-15-33/h8-9,16,18,36H,4-7,10-15H2,1-3H3,(H2,28,34)(H2,29,30,32). The molecule has 36 heavy (non-hydrogen) atoms. The number of likely N-dealkylation sites (tertiary alicyclic amines) is 1. The van der Waals surface area contributed by atoms with Gasteiger partial charge in [-0.2, -0.15) is 0 Å². The molecule has 1 saturated heterocycles. The summed E-state index contributed by atoms with van der Waals surface area (Å²) in [7, 11) is 0. The third kappa shape index (κ3) is 5.95. The number of anilines is 3. The minimum atomic E-state index is -0.659. The van der Waals surface area contributed by atoms with E-state index in [0.717, 1.165) is 44.3 Å². The van der Waals surface area contributed by atoms with Crippen LogP contribution >= 0.6 is 0 Å². The fourth-order valence-corrected chi connectivity index (χ4v) is 5.05. The molecule has 9 nitrogen and oxygen atoms in total. The number of carbonyl (C=O) groups is 2. The third-order valence-corrected chi connectivity index (χ3v) is 7.30. The van der Waals surface area contributed by atoms with Gasteiger partial charge in [0.2, 0.25) is 0 Å². The molecule has 0 bridgehead atoms. The summed E-state index contributed by atoms with van der Waals surface area (Å²) in [5.41, 5.74) is 8.00. The first-order valence-electron chi connectivity index (χ1n) is 13.0. The van der Waals surface area contributed by atoms with Crippen molar-refractivity contribution >= 4 is 29.1 Å². The number of nitrogens with two attached hydrogens (primary N) is 1. The summed E-state index contributed by atoms with van der Waals surface area (Å²) >= 11 is 0. The molecule has 1 aliphatic heterocycles. The third-order valence-electron chi connectivity index (χ3n) is 7.30. The second-order valence-electron chi connectivity index (χ2n) is 10.4. The molecule has 1 aromatic carbocycles. The van der Waals surface area contributed by atoms with Crippen molar-refractivity contribution in [1.29, 1.82) is 0 Å². The molecule has 2 aliphatic rings. The Balaban J connectivity index is 1.57. The summed E-state index contributed by atoms with van der Waals surface area (Å²) in [4.78, 5) is 36.4. The minimum absolute atomic E-state index is 0.0570. The quantitative estimate of drug-likeness (QED) is 0.458. The summed E-state index contributed by atoms with van der Waals surface area (Å²) in [6.45, 7) is 7.34. The predicted octanol–water partition coefficient (Wildman–Crippen LogP) is 3.92. The van der Waals surface area contributed by atoms with Gasteiger partial charge in [-0.1, -0.05) is 6.92 Å². The Morgan fingerprint density at radius 3 is 2.44 bits per heavy atom.